The fourth-order valence-electron chi connectivity index (χ4n) is 1.50. The number of hydrogen-bond acceptors (Lipinski definition) is 6. The average Bonchev–Trinajstić information content (AvgIpc) is 2.38. The van der Waals surface area contributed by atoms with E-state index >= 15 is 0 Å². The van der Waals surface area contributed by atoms with Gasteiger partial charge in [0.15, 0.2) is 0 Å². The first-order valence-electron chi connectivity index (χ1n) is 5.41. The number of pyridine rings is 1. The Kier molecular flexibility index (Phi) is 5.76. The fourth-order valence-corrected chi connectivity index (χ4v) is 3.31. The summed E-state index contributed by atoms with van der Waals surface area (Å²) in [7, 11) is -3.92. The lowest BCUT2D eigenvalue weighted by molar-refractivity contribution is 0.217. The zero-order valence-electron chi connectivity index (χ0n) is 10.1. The van der Waals surface area contributed by atoms with Gasteiger partial charge in [0.05, 0.1) is 13.2 Å². The van der Waals surface area contributed by atoms with Crippen molar-refractivity contribution >= 4 is 27.2 Å². The molecule has 0 aromatic carbocycles. The number of nitrogens with two attached hydrogens (primary N) is 1. The van der Waals surface area contributed by atoms with Crippen LogP contribution in [0.2, 0.25) is 0 Å². The zero-order chi connectivity index (χ0) is 14.5. The Labute approximate surface area is 116 Å². The number of aliphatic hydroxyl groups excluding tert-OH is 2. The molecule has 7 nitrogen and oxygen atoms in total. The Balaban J connectivity index is 3.29. The minimum atomic E-state index is -3.92. The van der Waals surface area contributed by atoms with Crippen molar-refractivity contribution in [2.45, 2.75) is 4.90 Å². The number of thiocarbonyl (C=S) groups is 1. The first kappa shape index (κ1) is 15.9. The maximum Gasteiger partial charge on any atom is 0.245 e. The molecule has 0 atom stereocenters. The summed E-state index contributed by atoms with van der Waals surface area (Å²) in [6.07, 6.45) is 1.38. The summed E-state index contributed by atoms with van der Waals surface area (Å²) in [6, 6.07) is 2.78. The summed E-state index contributed by atoms with van der Waals surface area (Å²) in [5.41, 5.74) is 5.45. The van der Waals surface area contributed by atoms with E-state index in [0.29, 0.717) is 0 Å². The third-order valence-electron chi connectivity index (χ3n) is 2.32. The molecule has 0 bridgehead atoms. The highest BCUT2D eigenvalue weighted by Crippen LogP contribution is 2.18. The predicted molar refractivity (Wildman–Crippen MR) is 73.1 cm³/mol. The summed E-state index contributed by atoms with van der Waals surface area (Å²) < 4.78 is 25.7. The molecule has 0 aliphatic heterocycles. The lowest BCUT2D eigenvalue weighted by atomic mass is 10.3. The summed E-state index contributed by atoms with van der Waals surface area (Å²) in [6.45, 7) is -0.979. The van der Waals surface area contributed by atoms with Gasteiger partial charge in [-0.05, 0) is 12.1 Å². The Morgan fingerprint density at radius 2 is 1.95 bits per heavy atom. The van der Waals surface area contributed by atoms with Crippen molar-refractivity contribution in [1.82, 2.24) is 9.29 Å². The van der Waals surface area contributed by atoms with Crippen molar-refractivity contribution < 1.29 is 18.6 Å². The van der Waals surface area contributed by atoms with Crippen molar-refractivity contribution in [2.75, 3.05) is 26.3 Å². The number of aliphatic hydroxyl groups is 2. The topological polar surface area (TPSA) is 117 Å². The standard InChI is InChI=1S/C10H15N3O4S2/c11-10(18)9-8(2-1-3-12-9)19(16,17)13(4-6-14)5-7-15/h1-3,14-15H,4-7H2,(H2,11,18). The summed E-state index contributed by atoms with van der Waals surface area (Å²) in [5.74, 6) is 0. The van der Waals surface area contributed by atoms with Crippen LogP contribution in [0.1, 0.15) is 5.69 Å². The number of rotatable bonds is 7. The van der Waals surface area contributed by atoms with Crippen LogP contribution in [0.5, 0.6) is 0 Å². The molecule has 1 rings (SSSR count). The molecule has 0 amide bonds. The second-order valence-electron chi connectivity index (χ2n) is 3.57. The molecular formula is C10H15N3O4S2. The fraction of sp³-hybridized carbons (Fsp3) is 0.400. The highest BCUT2D eigenvalue weighted by molar-refractivity contribution is 7.89. The van der Waals surface area contributed by atoms with E-state index in [-0.39, 0.29) is 41.9 Å². The predicted octanol–water partition coefficient (Wildman–Crippen LogP) is -1.31. The van der Waals surface area contributed by atoms with Crippen molar-refractivity contribution in [2.24, 2.45) is 5.73 Å². The van der Waals surface area contributed by atoms with Gasteiger partial charge in [0.2, 0.25) is 10.0 Å². The van der Waals surface area contributed by atoms with Crippen LogP contribution in [-0.4, -0.2) is 59.2 Å². The second-order valence-corrected chi connectivity index (χ2v) is 5.91. The SMILES string of the molecule is NC(=S)c1ncccc1S(=O)(=O)N(CCO)CCO. The van der Waals surface area contributed by atoms with Crippen LogP contribution in [0, 0.1) is 0 Å². The molecule has 0 aliphatic rings. The minimum Gasteiger partial charge on any atom is -0.395 e. The van der Waals surface area contributed by atoms with Crippen LogP contribution in [0.3, 0.4) is 0 Å². The van der Waals surface area contributed by atoms with Crippen LogP contribution in [0.15, 0.2) is 23.2 Å². The lowest BCUT2D eigenvalue weighted by Crippen LogP contribution is -2.37. The van der Waals surface area contributed by atoms with Crippen molar-refractivity contribution in [3.63, 3.8) is 0 Å². The van der Waals surface area contributed by atoms with Crippen molar-refractivity contribution in [3.05, 3.63) is 24.0 Å². The van der Waals surface area contributed by atoms with Gasteiger partial charge in [0.1, 0.15) is 15.6 Å². The summed E-state index contributed by atoms with van der Waals surface area (Å²) in [4.78, 5) is 3.58. The summed E-state index contributed by atoms with van der Waals surface area (Å²) >= 11 is 4.77. The lowest BCUT2D eigenvalue weighted by Gasteiger charge is -2.21. The minimum absolute atomic E-state index is 0.00150. The molecule has 0 radical (unpaired) electrons. The Hall–Kier alpha value is -1.13. The van der Waals surface area contributed by atoms with Crippen LogP contribution >= 0.6 is 12.2 Å². The van der Waals surface area contributed by atoms with E-state index in [2.05, 4.69) is 4.98 Å². The van der Waals surface area contributed by atoms with E-state index in [0.717, 1.165) is 4.31 Å². The first-order valence-corrected chi connectivity index (χ1v) is 7.26. The number of sulfonamides is 1. The molecule has 0 unspecified atom stereocenters. The zero-order valence-corrected chi connectivity index (χ0v) is 11.7. The summed E-state index contributed by atoms with van der Waals surface area (Å²) in [5, 5.41) is 17.8. The Bertz CT molecular complexity index is 541. The van der Waals surface area contributed by atoms with Crippen LogP contribution in [-0.2, 0) is 10.0 Å². The molecule has 0 aliphatic carbocycles. The molecule has 1 aromatic heterocycles. The first-order chi connectivity index (χ1) is 8.95. The van der Waals surface area contributed by atoms with Gasteiger partial charge in [-0.3, -0.25) is 4.98 Å². The normalized spacial score (nSPS) is 11.7. The van der Waals surface area contributed by atoms with Crippen molar-refractivity contribution in [3.8, 4) is 0 Å². The van der Waals surface area contributed by atoms with Crippen LogP contribution in [0.25, 0.3) is 0 Å². The molecular weight excluding hydrogens is 290 g/mol. The molecule has 106 valence electrons. The van der Waals surface area contributed by atoms with Gasteiger partial charge < -0.3 is 15.9 Å². The number of nitrogens with zero attached hydrogens (tertiary/aromatic N) is 2. The van der Waals surface area contributed by atoms with E-state index in [4.69, 9.17) is 28.2 Å². The highest BCUT2D eigenvalue weighted by Gasteiger charge is 2.27. The number of aromatic nitrogens is 1. The Morgan fingerprint density at radius 1 is 1.37 bits per heavy atom. The second kappa shape index (κ2) is 6.87. The van der Waals surface area contributed by atoms with Gasteiger partial charge in [-0.25, -0.2) is 8.42 Å². The maximum atomic E-state index is 12.4. The Morgan fingerprint density at radius 3 is 2.42 bits per heavy atom. The molecule has 1 heterocycles. The monoisotopic (exact) mass is 305 g/mol. The third kappa shape index (κ3) is 3.67. The highest BCUT2D eigenvalue weighted by atomic mass is 32.2. The van der Waals surface area contributed by atoms with E-state index in [1.807, 2.05) is 0 Å². The van der Waals surface area contributed by atoms with E-state index in [9.17, 15) is 8.42 Å². The van der Waals surface area contributed by atoms with E-state index < -0.39 is 10.0 Å². The molecule has 0 fully saturated rings. The maximum absolute atomic E-state index is 12.4. The van der Waals surface area contributed by atoms with Gasteiger partial charge >= 0.3 is 0 Å². The molecule has 9 heteroatoms. The molecule has 4 N–H and O–H groups in total. The van der Waals surface area contributed by atoms with Crippen LogP contribution < -0.4 is 5.73 Å². The van der Waals surface area contributed by atoms with E-state index in [1.54, 1.807) is 0 Å². The van der Waals surface area contributed by atoms with Gasteiger partial charge in [-0.15, -0.1) is 0 Å². The van der Waals surface area contributed by atoms with Gasteiger partial charge in [-0.1, -0.05) is 12.2 Å². The largest absolute Gasteiger partial charge is 0.395 e. The van der Waals surface area contributed by atoms with Crippen molar-refractivity contribution in [1.29, 1.82) is 0 Å². The van der Waals surface area contributed by atoms with Gasteiger partial charge in [-0.2, -0.15) is 4.31 Å². The van der Waals surface area contributed by atoms with Gasteiger partial charge in [0, 0.05) is 19.3 Å². The van der Waals surface area contributed by atoms with Gasteiger partial charge in [0.25, 0.3) is 0 Å². The molecule has 0 saturated carbocycles. The molecule has 1 aromatic rings. The molecule has 0 saturated heterocycles. The average molecular weight is 305 g/mol. The smallest absolute Gasteiger partial charge is 0.245 e. The van der Waals surface area contributed by atoms with Crippen LogP contribution in [0.4, 0.5) is 0 Å². The molecule has 0 spiro atoms. The third-order valence-corrected chi connectivity index (χ3v) is 4.44. The number of hydrogen-bond donors (Lipinski definition) is 3. The van der Waals surface area contributed by atoms with E-state index in [1.165, 1.54) is 18.3 Å². The molecule has 19 heavy (non-hydrogen) atoms. The quantitative estimate of drug-likeness (QED) is 0.535.